The molecule has 1 unspecified atom stereocenters. The van der Waals surface area contributed by atoms with Crippen molar-refractivity contribution in [3.63, 3.8) is 0 Å². The van der Waals surface area contributed by atoms with Crippen molar-refractivity contribution < 1.29 is 14.3 Å². The van der Waals surface area contributed by atoms with Crippen LogP contribution >= 0.6 is 0 Å². The highest BCUT2D eigenvalue weighted by Gasteiger charge is 2.46. The van der Waals surface area contributed by atoms with Crippen molar-refractivity contribution in [3.8, 4) is 0 Å². The predicted octanol–water partition coefficient (Wildman–Crippen LogP) is 1.01. The largest absolute Gasteiger partial charge is 0.379 e. The standard InChI is InChI=1S/C17H31N3O3/c1-3-4-8-18-16(22)17(2)7-6-15(21)20(17)10-5-9-19-11-13-23-14-12-19/h3-14H2,1-2H3,(H,18,22). The highest BCUT2D eigenvalue weighted by atomic mass is 16.5. The average molecular weight is 325 g/mol. The molecule has 0 aromatic carbocycles. The Labute approximate surface area is 139 Å². The first-order chi connectivity index (χ1) is 11.1. The fraction of sp³-hybridized carbons (Fsp3) is 0.882. The first-order valence-corrected chi connectivity index (χ1v) is 8.97. The van der Waals surface area contributed by atoms with E-state index < -0.39 is 5.54 Å². The van der Waals surface area contributed by atoms with Gasteiger partial charge in [-0.3, -0.25) is 14.5 Å². The summed E-state index contributed by atoms with van der Waals surface area (Å²) in [5, 5.41) is 3.00. The zero-order chi connectivity index (χ0) is 16.7. The van der Waals surface area contributed by atoms with Crippen LogP contribution in [0.3, 0.4) is 0 Å². The topological polar surface area (TPSA) is 61.9 Å². The van der Waals surface area contributed by atoms with Crippen LogP contribution in [0.2, 0.25) is 0 Å². The summed E-state index contributed by atoms with van der Waals surface area (Å²) < 4.78 is 5.35. The first kappa shape index (κ1) is 18.2. The minimum absolute atomic E-state index is 0.00294. The average Bonchev–Trinajstić information content (AvgIpc) is 2.85. The molecule has 2 heterocycles. The van der Waals surface area contributed by atoms with Crippen molar-refractivity contribution in [3.05, 3.63) is 0 Å². The van der Waals surface area contributed by atoms with E-state index in [-0.39, 0.29) is 11.8 Å². The first-order valence-electron chi connectivity index (χ1n) is 8.97. The molecule has 6 heteroatoms. The van der Waals surface area contributed by atoms with Crippen LogP contribution in [0, 0.1) is 0 Å². The molecule has 0 saturated carbocycles. The molecule has 1 N–H and O–H groups in total. The third kappa shape index (κ3) is 4.67. The van der Waals surface area contributed by atoms with Crippen LogP contribution in [0.25, 0.3) is 0 Å². The summed E-state index contributed by atoms with van der Waals surface area (Å²) in [6.07, 6.45) is 4.05. The van der Waals surface area contributed by atoms with Gasteiger partial charge >= 0.3 is 0 Å². The second kappa shape index (κ2) is 8.64. The van der Waals surface area contributed by atoms with Gasteiger partial charge in [0.2, 0.25) is 11.8 Å². The second-order valence-electron chi connectivity index (χ2n) is 6.74. The smallest absolute Gasteiger partial charge is 0.245 e. The van der Waals surface area contributed by atoms with Crippen molar-refractivity contribution in [2.24, 2.45) is 0 Å². The van der Waals surface area contributed by atoms with Crippen LogP contribution < -0.4 is 5.32 Å². The number of nitrogens with one attached hydrogen (secondary N) is 1. The van der Waals surface area contributed by atoms with Gasteiger partial charge in [0.15, 0.2) is 0 Å². The van der Waals surface area contributed by atoms with Crippen LogP contribution in [0.4, 0.5) is 0 Å². The molecule has 0 radical (unpaired) electrons. The summed E-state index contributed by atoms with van der Waals surface area (Å²) in [6, 6.07) is 0. The number of morpholine rings is 1. The normalized spacial score (nSPS) is 25.8. The molecule has 2 aliphatic rings. The Hall–Kier alpha value is -1.14. The van der Waals surface area contributed by atoms with Crippen molar-refractivity contribution in [2.75, 3.05) is 45.9 Å². The van der Waals surface area contributed by atoms with Gasteiger partial charge in [0.1, 0.15) is 5.54 Å². The monoisotopic (exact) mass is 325 g/mol. The van der Waals surface area contributed by atoms with Gasteiger partial charge in [0, 0.05) is 39.1 Å². The molecule has 132 valence electrons. The lowest BCUT2D eigenvalue weighted by atomic mass is 9.97. The van der Waals surface area contributed by atoms with Crippen LogP contribution in [-0.2, 0) is 14.3 Å². The summed E-state index contributed by atoms with van der Waals surface area (Å²) >= 11 is 0. The Kier molecular flexibility index (Phi) is 6.84. The van der Waals surface area contributed by atoms with Crippen LogP contribution in [-0.4, -0.2) is 73.1 Å². The number of hydrogen-bond acceptors (Lipinski definition) is 4. The van der Waals surface area contributed by atoms with Gasteiger partial charge in [0.05, 0.1) is 13.2 Å². The van der Waals surface area contributed by atoms with E-state index in [0.717, 1.165) is 52.1 Å². The SMILES string of the molecule is CCCCNC(=O)C1(C)CCC(=O)N1CCCN1CCOCC1. The lowest BCUT2D eigenvalue weighted by Gasteiger charge is -2.35. The number of carbonyl (C=O) groups is 2. The van der Waals surface area contributed by atoms with Gasteiger partial charge in [-0.2, -0.15) is 0 Å². The number of rotatable bonds is 8. The van der Waals surface area contributed by atoms with Gasteiger partial charge < -0.3 is 15.0 Å². The number of unbranched alkanes of at least 4 members (excludes halogenated alkanes) is 1. The van der Waals surface area contributed by atoms with Crippen LogP contribution in [0.1, 0.15) is 46.0 Å². The Morgan fingerprint density at radius 3 is 2.70 bits per heavy atom. The molecular formula is C17H31N3O3. The number of hydrogen-bond donors (Lipinski definition) is 1. The van der Waals surface area contributed by atoms with E-state index >= 15 is 0 Å². The summed E-state index contributed by atoms with van der Waals surface area (Å²) in [7, 11) is 0. The van der Waals surface area contributed by atoms with Crippen molar-refractivity contribution in [1.82, 2.24) is 15.1 Å². The molecule has 6 nitrogen and oxygen atoms in total. The fourth-order valence-corrected chi connectivity index (χ4v) is 3.35. The Morgan fingerprint density at radius 1 is 1.26 bits per heavy atom. The lowest BCUT2D eigenvalue weighted by Crippen LogP contribution is -2.55. The number of nitrogens with zero attached hydrogens (tertiary/aromatic N) is 2. The third-order valence-electron chi connectivity index (χ3n) is 4.99. The Morgan fingerprint density at radius 2 is 2.00 bits per heavy atom. The van der Waals surface area contributed by atoms with Gasteiger partial charge in [-0.25, -0.2) is 0 Å². The van der Waals surface area contributed by atoms with E-state index in [1.54, 1.807) is 4.90 Å². The molecule has 1 atom stereocenters. The van der Waals surface area contributed by atoms with Crippen LogP contribution in [0.5, 0.6) is 0 Å². The molecule has 2 saturated heterocycles. The zero-order valence-corrected chi connectivity index (χ0v) is 14.6. The molecule has 2 rings (SSSR count). The van der Waals surface area contributed by atoms with E-state index in [1.165, 1.54) is 0 Å². The quantitative estimate of drug-likeness (QED) is 0.677. The molecule has 2 aliphatic heterocycles. The Balaban J connectivity index is 1.83. The summed E-state index contributed by atoms with van der Waals surface area (Å²) in [6.45, 7) is 9.83. The van der Waals surface area contributed by atoms with Crippen molar-refractivity contribution in [1.29, 1.82) is 0 Å². The highest BCUT2D eigenvalue weighted by molar-refractivity contribution is 5.94. The predicted molar refractivity (Wildman–Crippen MR) is 89.1 cm³/mol. The molecule has 0 aliphatic carbocycles. The summed E-state index contributed by atoms with van der Waals surface area (Å²) in [4.78, 5) is 28.9. The third-order valence-corrected chi connectivity index (χ3v) is 4.99. The number of amides is 2. The molecule has 0 aromatic heterocycles. The van der Waals surface area contributed by atoms with Gasteiger partial charge in [-0.15, -0.1) is 0 Å². The van der Waals surface area contributed by atoms with E-state index in [9.17, 15) is 9.59 Å². The van der Waals surface area contributed by atoms with E-state index in [1.807, 2.05) is 6.92 Å². The zero-order valence-electron chi connectivity index (χ0n) is 14.6. The minimum atomic E-state index is -0.671. The molecule has 23 heavy (non-hydrogen) atoms. The van der Waals surface area contributed by atoms with Crippen molar-refractivity contribution in [2.45, 2.75) is 51.5 Å². The number of carbonyl (C=O) groups excluding carboxylic acids is 2. The lowest BCUT2D eigenvalue weighted by molar-refractivity contribution is -0.140. The van der Waals surface area contributed by atoms with E-state index in [4.69, 9.17) is 4.74 Å². The second-order valence-corrected chi connectivity index (χ2v) is 6.74. The number of ether oxygens (including phenoxy) is 1. The molecule has 0 bridgehead atoms. The summed E-state index contributed by atoms with van der Waals surface area (Å²) in [5.41, 5.74) is -0.671. The van der Waals surface area contributed by atoms with E-state index in [0.29, 0.717) is 25.9 Å². The Bertz CT molecular complexity index is 410. The molecule has 0 aromatic rings. The maximum absolute atomic E-state index is 12.5. The van der Waals surface area contributed by atoms with Crippen molar-refractivity contribution >= 4 is 11.8 Å². The van der Waals surface area contributed by atoms with Gasteiger partial charge in [0.25, 0.3) is 0 Å². The molecule has 0 spiro atoms. The van der Waals surface area contributed by atoms with E-state index in [2.05, 4.69) is 17.1 Å². The highest BCUT2D eigenvalue weighted by Crippen LogP contribution is 2.30. The molecule has 2 fully saturated rings. The van der Waals surface area contributed by atoms with Crippen LogP contribution in [0.15, 0.2) is 0 Å². The number of likely N-dealkylation sites (tertiary alicyclic amines) is 1. The molecular weight excluding hydrogens is 294 g/mol. The minimum Gasteiger partial charge on any atom is -0.379 e. The maximum atomic E-state index is 12.5. The van der Waals surface area contributed by atoms with Gasteiger partial charge in [-0.05, 0) is 26.2 Å². The fourth-order valence-electron chi connectivity index (χ4n) is 3.35. The van der Waals surface area contributed by atoms with Gasteiger partial charge in [-0.1, -0.05) is 13.3 Å². The maximum Gasteiger partial charge on any atom is 0.245 e. The summed E-state index contributed by atoms with van der Waals surface area (Å²) in [5.74, 6) is 0.114. The molecule has 2 amide bonds.